The van der Waals surface area contributed by atoms with Crippen molar-refractivity contribution in [2.45, 2.75) is 18.9 Å². The van der Waals surface area contributed by atoms with Gasteiger partial charge in [0, 0.05) is 62.1 Å². The van der Waals surface area contributed by atoms with Gasteiger partial charge in [0.15, 0.2) is 11.6 Å². The number of nitrogens with zero attached hydrogens (tertiary/aromatic N) is 4. The lowest BCUT2D eigenvalue weighted by atomic mass is 10.0. The molecule has 2 fully saturated rings. The fourth-order valence-corrected chi connectivity index (χ4v) is 4.93. The van der Waals surface area contributed by atoms with Gasteiger partial charge in [-0.2, -0.15) is 5.26 Å². The van der Waals surface area contributed by atoms with Crippen molar-refractivity contribution >= 4 is 17.3 Å². The van der Waals surface area contributed by atoms with E-state index in [1.54, 1.807) is 35.2 Å². The van der Waals surface area contributed by atoms with Crippen LogP contribution in [0.1, 0.15) is 28.8 Å². The minimum absolute atomic E-state index is 0.354. The van der Waals surface area contributed by atoms with Gasteiger partial charge in [0.05, 0.1) is 30.0 Å². The summed E-state index contributed by atoms with van der Waals surface area (Å²) < 4.78 is 33.8. The van der Waals surface area contributed by atoms with Crippen molar-refractivity contribution in [1.82, 2.24) is 9.47 Å². The first kappa shape index (κ1) is 24.0. The molecule has 5 rings (SSSR count). The van der Waals surface area contributed by atoms with Crippen LogP contribution in [0, 0.1) is 23.0 Å². The normalized spacial score (nSPS) is 17.1. The van der Waals surface area contributed by atoms with Gasteiger partial charge in [0.1, 0.15) is 6.07 Å². The van der Waals surface area contributed by atoms with Crippen LogP contribution in [0.5, 0.6) is 0 Å². The first-order valence-corrected chi connectivity index (χ1v) is 12.1. The number of hydrogen-bond donors (Lipinski definition) is 1. The number of morpholine rings is 1. The summed E-state index contributed by atoms with van der Waals surface area (Å²) in [6.07, 6.45) is 5.22. The predicted molar refractivity (Wildman–Crippen MR) is 132 cm³/mol. The highest BCUT2D eigenvalue weighted by atomic mass is 19.2. The van der Waals surface area contributed by atoms with Crippen LogP contribution >= 0.6 is 0 Å². The third-order valence-electron chi connectivity index (χ3n) is 6.90. The molecule has 9 heteroatoms. The molecule has 2 aliphatic heterocycles. The SMILES string of the molecule is N#Cc1cc(NC(=O)c2ccn(-c3ccc(F)c(F)c3)c2)ccc1N1CCC(N2CCOCC2)CC1. The van der Waals surface area contributed by atoms with Crippen LogP contribution in [0.3, 0.4) is 0 Å². The molecule has 0 aliphatic carbocycles. The molecule has 36 heavy (non-hydrogen) atoms. The number of amides is 1. The summed E-state index contributed by atoms with van der Waals surface area (Å²) in [6.45, 7) is 5.29. The molecule has 1 aromatic heterocycles. The molecule has 0 radical (unpaired) electrons. The molecule has 186 valence electrons. The van der Waals surface area contributed by atoms with Crippen LogP contribution in [0.2, 0.25) is 0 Å². The van der Waals surface area contributed by atoms with Gasteiger partial charge in [0.25, 0.3) is 5.91 Å². The highest BCUT2D eigenvalue weighted by Crippen LogP contribution is 2.28. The van der Waals surface area contributed by atoms with E-state index in [4.69, 9.17) is 4.74 Å². The number of benzene rings is 2. The first-order chi connectivity index (χ1) is 17.5. The topological polar surface area (TPSA) is 73.5 Å². The standard InChI is InChI=1S/C27H27F2N5O2/c28-24-3-2-23(16-25(24)29)34-8-5-19(18-34)27(35)31-21-1-4-26(20(15-21)17-30)33-9-6-22(7-10-33)32-11-13-36-14-12-32/h1-5,8,15-16,18,22H,6-7,9-14H2,(H,31,35). The Balaban J connectivity index is 1.24. The number of piperidine rings is 1. The lowest BCUT2D eigenvalue weighted by Gasteiger charge is -2.41. The number of nitrogens with one attached hydrogen (secondary N) is 1. The van der Waals surface area contributed by atoms with Crippen LogP contribution < -0.4 is 10.2 Å². The largest absolute Gasteiger partial charge is 0.379 e. The molecule has 0 unspecified atom stereocenters. The van der Waals surface area contributed by atoms with E-state index in [0.717, 1.165) is 70.1 Å². The van der Waals surface area contributed by atoms with E-state index in [1.807, 2.05) is 6.07 Å². The summed E-state index contributed by atoms with van der Waals surface area (Å²) in [7, 11) is 0. The van der Waals surface area contributed by atoms with E-state index >= 15 is 0 Å². The third kappa shape index (κ3) is 5.10. The summed E-state index contributed by atoms with van der Waals surface area (Å²) in [5.41, 5.74) is 2.66. The fraction of sp³-hybridized carbons (Fsp3) is 0.333. The number of rotatable bonds is 5. The number of carbonyl (C=O) groups excluding carboxylic acids is 1. The Kier molecular flexibility index (Phi) is 6.98. The zero-order chi connectivity index (χ0) is 25.1. The maximum Gasteiger partial charge on any atom is 0.257 e. The first-order valence-electron chi connectivity index (χ1n) is 12.1. The predicted octanol–water partition coefficient (Wildman–Crippen LogP) is 4.18. The fourth-order valence-electron chi connectivity index (χ4n) is 4.93. The summed E-state index contributed by atoms with van der Waals surface area (Å²) in [5.74, 6) is -2.25. The molecule has 2 saturated heterocycles. The van der Waals surface area contributed by atoms with E-state index in [9.17, 15) is 18.8 Å². The Bertz CT molecular complexity index is 1290. The number of halogens is 2. The highest BCUT2D eigenvalue weighted by Gasteiger charge is 2.27. The van der Waals surface area contributed by atoms with Crippen molar-refractivity contribution in [3.63, 3.8) is 0 Å². The minimum atomic E-state index is -0.957. The monoisotopic (exact) mass is 491 g/mol. The van der Waals surface area contributed by atoms with E-state index < -0.39 is 11.6 Å². The Morgan fingerprint density at radius 3 is 2.50 bits per heavy atom. The number of ether oxygens (including phenoxy) is 1. The molecule has 0 spiro atoms. The van der Waals surface area contributed by atoms with E-state index in [1.165, 1.54) is 6.07 Å². The zero-order valence-corrected chi connectivity index (χ0v) is 19.8. The van der Waals surface area contributed by atoms with Gasteiger partial charge in [-0.25, -0.2) is 8.78 Å². The van der Waals surface area contributed by atoms with Crippen LogP contribution in [0.15, 0.2) is 54.9 Å². The van der Waals surface area contributed by atoms with Crippen molar-refractivity contribution in [3.05, 3.63) is 77.6 Å². The second kappa shape index (κ2) is 10.5. The lowest BCUT2D eigenvalue weighted by molar-refractivity contribution is 0.0115. The van der Waals surface area contributed by atoms with Gasteiger partial charge < -0.3 is 19.5 Å². The second-order valence-corrected chi connectivity index (χ2v) is 9.07. The zero-order valence-electron chi connectivity index (χ0n) is 19.8. The van der Waals surface area contributed by atoms with E-state index in [2.05, 4.69) is 21.2 Å². The summed E-state index contributed by atoms with van der Waals surface area (Å²) in [6, 6.07) is 13.3. The molecule has 3 aromatic rings. The average molecular weight is 492 g/mol. The number of anilines is 2. The van der Waals surface area contributed by atoms with Gasteiger partial charge in [-0.15, -0.1) is 0 Å². The molecule has 7 nitrogen and oxygen atoms in total. The molecular weight excluding hydrogens is 464 g/mol. The Labute approximate surface area is 208 Å². The molecule has 0 atom stereocenters. The van der Waals surface area contributed by atoms with E-state index in [0.29, 0.717) is 28.5 Å². The molecule has 2 aliphatic rings. The van der Waals surface area contributed by atoms with Crippen molar-refractivity contribution in [2.75, 3.05) is 49.6 Å². The van der Waals surface area contributed by atoms with Crippen LogP contribution in [-0.2, 0) is 4.74 Å². The minimum Gasteiger partial charge on any atom is -0.379 e. The molecule has 3 heterocycles. The molecule has 2 aromatic carbocycles. The van der Waals surface area contributed by atoms with Crippen LogP contribution in [0.4, 0.5) is 20.2 Å². The Morgan fingerprint density at radius 2 is 1.78 bits per heavy atom. The molecule has 1 N–H and O–H groups in total. The van der Waals surface area contributed by atoms with Crippen LogP contribution in [-0.4, -0.2) is 60.8 Å². The smallest absolute Gasteiger partial charge is 0.257 e. The van der Waals surface area contributed by atoms with E-state index in [-0.39, 0.29) is 5.91 Å². The molecule has 1 amide bonds. The van der Waals surface area contributed by atoms with Crippen molar-refractivity contribution in [3.8, 4) is 11.8 Å². The number of aromatic nitrogens is 1. The van der Waals surface area contributed by atoms with Crippen molar-refractivity contribution in [1.29, 1.82) is 5.26 Å². The van der Waals surface area contributed by atoms with Gasteiger partial charge in [0.2, 0.25) is 0 Å². The van der Waals surface area contributed by atoms with Crippen molar-refractivity contribution in [2.24, 2.45) is 0 Å². The highest BCUT2D eigenvalue weighted by molar-refractivity contribution is 6.04. The maximum atomic E-state index is 13.6. The summed E-state index contributed by atoms with van der Waals surface area (Å²) in [4.78, 5) is 17.5. The van der Waals surface area contributed by atoms with Gasteiger partial charge in [-0.1, -0.05) is 0 Å². The number of carbonyl (C=O) groups is 1. The van der Waals surface area contributed by atoms with Gasteiger partial charge in [-0.05, 0) is 49.2 Å². The van der Waals surface area contributed by atoms with Gasteiger partial charge >= 0.3 is 0 Å². The second-order valence-electron chi connectivity index (χ2n) is 9.07. The van der Waals surface area contributed by atoms with Crippen LogP contribution in [0.25, 0.3) is 5.69 Å². The van der Waals surface area contributed by atoms with Gasteiger partial charge in [-0.3, -0.25) is 9.69 Å². The van der Waals surface area contributed by atoms with Crippen molar-refractivity contribution < 1.29 is 18.3 Å². The average Bonchev–Trinajstić information content (AvgIpc) is 3.41. The molecule has 0 saturated carbocycles. The quantitative estimate of drug-likeness (QED) is 0.580. The summed E-state index contributed by atoms with van der Waals surface area (Å²) in [5, 5.41) is 12.6. The third-order valence-corrected chi connectivity index (χ3v) is 6.90. The summed E-state index contributed by atoms with van der Waals surface area (Å²) >= 11 is 0. The Morgan fingerprint density at radius 1 is 1.00 bits per heavy atom. The lowest BCUT2D eigenvalue weighted by Crippen LogP contribution is -2.49. The maximum absolute atomic E-state index is 13.6. The molecule has 0 bridgehead atoms. The number of hydrogen-bond acceptors (Lipinski definition) is 5. The molecular formula is C27H27F2N5O2. The Hall–Kier alpha value is -3.74. The number of nitriles is 1.